The molecule has 3 heterocycles. The number of fused-ring (bicyclic) bond motifs is 1. The van der Waals surface area contributed by atoms with E-state index in [-0.39, 0.29) is 5.91 Å². The van der Waals surface area contributed by atoms with Crippen molar-refractivity contribution >= 4 is 27.5 Å². The van der Waals surface area contributed by atoms with E-state index in [0.717, 1.165) is 44.4 Å². The number of thiazole rings is 1. The summed E-state index contributed by atoms with van der Waals surface area (Å²) < 4.78 is 3.02. The van der Waals surface area contributed by atoms with Gasteiger partial charge in [0.05, 0.1) is 15.2 Å². The third-order valence-electron chi connectivity index (χ3n) is 4.75. The van der Waals surface area contributed by atoms with Crippen LogP contribution in [-0.4, -0.2) is 43.6 Å². The van der Waals surface area contributed by atoms with Crippen molar-refractivity contribution in [3.8, 4) is 0 Å². The quantitative estimate of drug-likeness (QED) is 0.705. The zero-order valence-electron chi connectivity index (χ0n) is 14.0. The molecule has 0 unspecified atom stereocenters. The number of amides is 1. The van der Waals surface area contributed by atoms with E-state index in [4.69, 9.17) is 4.98 Å². The average Bonchev–Trinajstić information content (AvgIpc) is 3.31. The van der Waals surface area contributed by atoms with E-state index >= 15 is 0 Å². The van der Waals surface area contributed by atoms with Crippen LogP contribution in [0, 0.1) is 0 Å². The summed E-state index contributed by atoms with van der Waals surface area (Å²) in [6, 6.07) is 8.30. The number of nitrogens with zero attached hydrogens (tertiary/aromatic N) is 5. The van der Waals surface area contributed by atoms with Crippen LogP contribution in [0.25, 0.3) is 10.2 Å². The number of para-hydroxylation sites is 1. The molecule has 0 spiro atoms. The topological polar surface area (TPSA) is 63.9 Å². The molecule has 0 atom stereocenters. The molecular weight excluding hydrogens is 334 g/mol. The summed E-state index contributed by atoms with van der Waals surface area (Å²) >= 11 is 1.80. The van der Waals surface area contributed by atoms with Crippen molar-refractivity contribution in [3.63, 3.8) is 0 Å². The molecule has 1 aliphatic heterocycles. The van der Waals surface area contributed by atoms with Crippen LogP contribution in [0.5, 0.6) is 0 Å². The van der Waals surface area contributed by atoms with Gasteiger partial charge in [0.25, 0.3) is 0 Å². The summed E-state index contributed by atoms with van der Waals surface area (Å²) in [4.78, 5) is 23.1. The van der Waals surface area contributed by atoms with Gasteiger partial charge >= 0.3 is 0 Å². The van der Waals surface area contributed by atoms with Crippen molar-refractivity contribution in [1.29, 1.82) is 0 Å². The SMILES string of the molecule is O=C(CCCn1cncn1)N1CCC(c2nc3ccccc3s2)CC1. The Hall–Kier alpha value is -2.28. The first-order valence-electron chi connectivity index (χ1n) is 8.75. The second kappa shape index (κ2) is 7.31. The second-order valence-corrected chi connectivity index (χ2v) is 7.50. The Bertz CT molecular complexity index is 803. The highest BCUT2D eigenvalue weighted by atomic mass is 32.1. The highest BCUT2D eigenvalue weighted by Crippen LogP contribution is 2.33. The van der Waals surface area contributed by atoms with E-state index in [1.807, 2.05) is 11.0 Å². The lowest BCUT2D eigenvalue weighted by molar-refractivity contribution is -0.132. The Balaban J connectivity index is 1.28. The normalized spacial score (nSPS) is 15.8. The van der Waals surface area contributed by atoms with Crippen molar-refractivity contribution in [1.82, 2.24) is 24.6 Å². The zero-order chi connectivity index (χ0) is 17.1. The Kier molecular flexibility index (Phi) is 4.74. The number of piperidine rings is 1. The number of carbonyl (C=O) groups is 1. The molecule has 6 nitrogen and oxygen atoms in total. The van der Waals surface area contributed by atoms with Gasteiger partial charge in [-0.25, -0.2) is 9.97 Å². The van der Waals surface area contributed by atoms with Crippen LogP contribution in [0.1, 0.15) is 36.6 Å². The summed E-state index contributed by atoms with van der Waals surface area (Å²) in [5.74, 6) is 0.736. The molecule has 0 aliphatic carbocycles. The molecule has 0 N–H and O–H groups in total. The lowest BCUT2D eigenvalue weighted by Crippen LogP contribution is -2.37. The molecular formula is C18H21N5OS. The molecule has 0 bridgehead atoms. The number of likely N-dealkylation sites (tertiary alicyclic amines) is 1. The van der Waals surface area contributed by atoms with Crippen molar-refractivity contribution in [2.75, 3.05) is 13.1 Å². The first-order chi connectivity index (χ1) is 12.3. The summed E-state index contributed by atoms with van der Waals surface area (Å²) in [7, 11) is 0. The molecule has 1 amide bonds. The summed E-state index contributed by atoms with van der Waals surface area (Å²) in [5, 5.41) is 5.28. The van der Waals surface area contributed by atoms with Crippen LogP contribution in [0.15, 0.2) is 36.9 Å². The molecule has 25 heavy (non-hydrogen) atoms. The number of aromatic nitrogens is 4. The number of carbonyl (C=O) groups excluding carboxylic acids is 1. The standard InChI is InChI=1S/C18H21N5OS/c24-17(6-3-9-23-13-19-12-20-23)22-10-7-14(8-11-22)18-21-15-4-1-2-5-16(15)25-18/h1-2,4-5,12-14H,3,6-11H2. The van der Waals surface area contributed by atoms with Crippen molar-refractivity contribution < 1.29 is 4.79 Å². The smallest absolute Gasteiger partial charge is 0.222 e. The van der Waals surface area contributed by atoms with Gasteiger partial charge in [0.1, 0.15) is 12.7 Å². The molecule has 0 saturated carbocycles. The Morgan fingerprint density at radius 3 is 2.84 bits per heavy atom. The predicted molar refractivity (Wildman–Crippen MR) is 97.4 cm³/mol. The second-order valence-electron chi connectivity index (χ2n) is 6.44. The molecule has 0 radical (unpaired) electrons. The Morgan fingerprint density at radius 2 is 2.08 bits per heavy atom. The number of benzene rings is 1. The van der Waals surface area contributed by atoms with E-state index < -0.39 is 0 Å². The molecule has 1 saturated heterocycles. The van der Waals surface area contributed by atoms with Crippen LogP contribution in [-0.2, 0) is 11.3 Å². The van der Waals surface area contributed by atoms with Crippen LogP contribution in [0.3, 0.4) is 0 Å². The van der Waals surface area contributed by atoms with E-state index in [2.05, 4.69) is 28.3 Å². The minimum atomic E-state index is 0.253. The average molecular weight is 355 g/mol. The van der Waals surface area contributed by atoms with E-state index in [1.54, 1.807) is 22.3 Å². The number of aryl methyl sites for hydroxylation is 1. The van der Waals surface area contributed by atoms with E-state index in [0.29, 0.717) is 12.3 Å². The largest absolute Gasteiger partial charge is 0.343 e. The number of hydrogen-bond donors (Lipinski definition) is 0. The van der Waals surface area contributed by atoms with E-state index in [9.17, 15) is 4.79 Å². The third-order valence-corrected chi connectivity index (χ3v) is 5.95. The first-order valence-corrected chi connectivity index (χ1v) is 9.57. The van der Waals surface area contributed by atoms with Gasteiger partial charge in [0.2, 0.25) is 5.91 Å². The molecule has 4 rings (SSSR count). The van der Waals surface area contributed by atoms with Gasteiger partial charge in [0.15, 0.2) is 0 Å². The maximum Gasteiger partial charge on any atom is 0.222 e. The van der Waals surface area contributed by atoms with Crippen molar-refractivity contribution in [3.05, 3.63) is 41.9 Å². The number of rotatable bonds is 5. The van der Waals surface area contributed by atoms with Gasteiger partial charge in [-0.3, -0.25) is 9.48 Å². The van der Waals surface area contributed by atoms with Gasteiger partial charge in [0, 0.05) is 32.0 Å². The van der Waals surface area contributed by atoms with Gasteiger partial charge in [-0.2, -0.15) is 5.10 Å². The Labute approximate surface area is 150 Å². The molecule has 1 fully saturated rings. The van der Waals surface area contributed by atoms with Crippen molar-refractivity contribution in [2.24, 2.45) is 0 Å². The Morgan fingerprint density at radius 1 is 1.24 bits per heavy atom. The minimum Gasteiger partial charge on any atom is -0.343 e. The zero-order valence-corrected chi connectivity index (χ0v) is 14.9. The van der Waals surface area contributed by atoms with Crippen LogP contribution < -0.4 is 0 Å². The number of hydrogen-bond acceptors (Lipinski definition) is 5. The predicted octanol–water partition coefficient (Wildman–Crippen LogP) is 3.07. The van der Waals surface area contributed by atoms with Crippen molar-refractivity contribution in [2.45, 2.75) is 38.1 Å². The third kappa shape index (κ3) is 3.71. The summed E-state index contributed by atoms with van der Waals surface area (Å²) in [6.07, 6.45) is 6.61. The van der Waals surface area contributed by atoms with Crippen LogP contribution in [0.2, 0.25) is 0 Å². The molecule has 3 aromatic rings. The molecule has 1 aromatic carbocycles. The highest BCUT2D eigenvalue weighted by molar-refractivity contribution is 7.18. The fourth-order valence-corrected chi connectivity index (χ4v) is 4.48. The first kappa shape index (κ1) is 16.2. The molecule has 130 valence electrons. The highest BCUT2D eigenvalue weighted by Gasteiger charge is 2.25. The minimum absolute atomic E-state index is 0.253. The van der Waals surface area contributed by atoms with Gasteiger partial charge in [-0.05, 0) is 31.4 Å². The van der Waals surface area contributed by atoms with Crippen LogP contribution in [0.4, 0.5) is 0 Å². The molecule has 7 heteroatoms. The fourth-order valence-electron chi connectivity index (χ4n) is 3.34. The molecule has 1 aliphatic rings. The van der Waals surface area contributed by atoms with Crippen LogP contribution >= 0.6 is 11.3 Å². The fraction of sp³-hybridized carbons (Fsp3) is 0.444. The molecule has 2 aromatic heterocycles. The van der Waals surface area contributed by atoms with E-state index in [1.165, 1.54) is 16.0 Å². The van der Waals surface area contributed by atoms with Gasteiger partial charge in [-0.1, -0.05) is 12.1 Å². The lowest BCUT2D eigenvalue weighted by Gasteiger charge is -2.31. The lowest BCUT2D eigenvalue weighted by atomic mass is 9.97. The summed E-state index contributed by atoms with van der Waals surface area (Å²) in [6.45, 7) is 2.42. The maximum atomic E-state index is 12.4. The maximum absolute atomic E-state index is 12.4. The van der Waals surface area contributed by atoms with Gasteiger partial charge < -0.3 is 4.90 Å². The summed E-state index contributed by atoms with van der Waals surface area (Å²) in [5.41, 5.74) is 1.09. The van der Waals surface area contributed by atoms with Gasteiger partial charge in [-0.15, -0.1) is 11.3 Å². The monoisotopic (exact) mass is 355 g/mol.